The van der Waals surface area contributed by atoms with Gasteiger partial charge in [0.2, 0.25) is 0 Å². The summed E-state index contributed by atoms with van der Waals surface area (Å²) in [7, 11) is 0. The SMILES string of the molecule is CCOC(=O)C[C@H](NC1CCC(CC2CCC(N[C@@H](CC(=O)OCC)C(=O)OCC)C(C)C2)CC1C)C(=O)OCC. The Morgan fingerprint density at radius 1 is 0.610 bits per heavy atom. The van der Waals surface area contributed by atoms with Gasteiger partial charge < -0.3 is 29.6 Å². The van der Waals surface area contributed by atoms with Gasteiger partial charge >= 0.3 is 23.9 Å². The highest BCUT2D eigenvalue weighted by molar-refractivity contribution is 5.83. The van der Waals surface area contributed by atoms with Gasteiger partial charge in [-0.2, -0.15) is 0 Å². The fraction of sp³-hybridized carbons (Fsp3) is 0.871. The van der Waals surface area contributed by atoms with E-state index < -0.39 is 36.0 Å². The summed E-state index contributed by atoms with van der Waals surface area (Å²) >= 11 is 0. The summed E-state index contributed by atoms with van der Waals surface area (Å²) in [6, 6.07) is -1.09. The van der Waals surface area contributed by atoms with Crippen LogP contribution in [0.1, 0.15) is 99.3 Å². The molecule has 0 aliphatic heterocycles. The van der Waals surface area contributed by atoms with Crippen LogP contribution in [0.5, 0.6) is 0 Å². The van der Waals surface area contributed by atoms with Crippen LogP contribution >= 0.6 is 0 Å². The third kappa shape index (κ3) is 11.9. The van der Waals surface area contributed by atoms with Crippen LogP contribution in [0, 0.1) is 23.7 Å². The van der Waals surface area contributed by atoms with Gasteiger partial charge in [0.05, 0.1) is 39.3 Å². The average Bonchev–Trinajstić information content (AvgIpc) is 2.91. The molecule has 2 aliphatic carbocycles. The zero-order valence-electron chi connectivity index (χ0n) is 26.1. The molecule has 0 heterocycles. The van der Waals surface area contributed by atoms with Crippen LogP contribution in [0.25, 0.3) is 0 Å². The fourth-order valence-electron chi connectivity index (χ4n) is 6.61. The van der Waals surface area contributed by atoms with Gasteiger partial charge in [-0.25, -0.2) is 0 Å². The van der Waals surface area contributed by atoms with Crippen molar-refractivity contribution >= 4 is 23.9 Å². The number of rotatable bonds is 16. The fourth-order valence-corrected chi connectivity index (χ4v) is 6.61. The predicted octanol–water partition coefficient (Wildman–Crippen LogP) is 3.94. The summed E-state index contributed by atoms with van der Waals surface area (Å²) in [5.41, 5.74) is 0. The number of ether oxygens (including phenoxy) is 4. The normalized spacial score (nSPS) is 27.8. The van der Waals surface area contributed by atoms with E-state index in [2.05, 4.69) is 24.5 Å². The zero-order valence-corrected chi connectivity index (χ0v) is 26.1. The lowest BCUT2D eigenvalue weighted by Crippen LogP contribution is -2.50. The Kier molecular flexibility index (Phi) is 15.7. The Bertz CT molecular complexity index is 771. The molecule has 0 aromatic rings. The van der Waals surface area contributed by atoms with Crippen LogP contribution in [-0.4, -0.2) is 74.5 Å². The van der Waals surface area contributed by atoms with E-state index >= 15 is 0 Å². The number of carbonyl (C=O) groups excluding carboxylic acids is 4. The first-order valence-electron chi connectivity index (χ1n) is 15.8. The van der Waals surface area contributed by atoms with Crippen molar-refractivity contribution in [1.82, 2.24) is 10.6 Å². The van der Waals surface area contributed by atoms with Crippen molar-refractivity contribution in [2.75, 3.05) is 26.4 Å². The van der Waals surface area contributed by atoms with E-state index in [4.69, 9.17) is 18.9 Å². The van der Waals surface area contributed by atoms with Crippen molar-refractivity contribution in [3.63, 3.8) is 0 Å². The Morgan fingerprint density at radius 2 is 0.976 bits per heavy atom. The predicted molar refractivity (Wildman–Crippen MR) is 155 cm³/mol. The highest BCUT2D eigenvalue weighted by Gasteiger charge is 2.36. The second-order valence-corrected chi connectivity index (χ2v) is 11.7. The minimum atomic E-state index is -0.691. The molecular formula is C31H54N2O8. The van der Waals surface area contributed by atoms with Crippen LogP contribution in [0.4, 0.5) is 0 Å². The quantitative estimate of drug-likeness (QED) is 0.204. The lowest BCUT2D eigenvalue weighted by Gasteiger charge is -2.40. The molecule has 8 atom stereocenters. The van der Waals surface area contributed by atoms with E-state index in [1.807, 2.05) is 0 Å². The first-order chi connectivity index (χ1) is 19.6. The Balaban J connectivity index is 1.87. The van der Waals surface area contributed by atoms with E-state index in [-0.39, 0.29) is 51.4 Å². The first kappa shape index (κ1) is 35.0. The molecule has 0 radical (unpaired) electrons. The topological polar surface area (TPSA) is 129 Å². The van der Waals surface area contributed by atoms with Crippen LogP contribution in [0.15, 0.2) is 0 Å². The number of carbonyl (C=O) groups is 4. The van der Waals surface area contributed by atoms with Crippen molar-refractivity contribution in [2.45, 2.75) is 123 Å². The number of esters is 4. The van der Waals surface area contributed by atoms with Crippen LogP contribution in [0.3, 0.4) is 0 Å². The number of hydrogen-bond donors (Lipinski definition) is 2. The molecule has 0 aromatic heterocycles. The molecule has 41 heavy (non-hydrogen) atoms. The molecule has 2 rings (SSSR count). The number of nitrogens with one attached hydrogen (secondary N) is 2. The molecule has 6 unspecified atom stereocenters. The van der Waals surface area contributed by atoms with Crippen LogP contribution in [-0.2, 0) is 38.1 Å². The van der Waals surface area contributed by atoms with Crippen molar-refractivity contribution in [2.24, 2.45) is 23.7 Å². The molecule has 0 amide bonds. The highest BCUT2D eigenvalue weighted by Crippen LogP contribution is 2.39. The lowest BCUT2D eigenvalue weighted by molar-refractivity contribution is -0.152. The van der Waals surface area contributed by atoms with E-state index in [1.54, 1.807) is 27.7 Å². The van der Waals surface area contributed by atoms with Gasteiger partial charge in [-0.1, -0.05) is 13.8 Å². The maximum atomic E-state index is 12.5. The van der Waals surface area contributed by atoms with Gasteiger partial charge in [0.15, 0.2) is 0 Å². The molecule has 0 spiro atoms. The highest BCUT2D eigenvalue weighted by atomic mass is 16.5. The van der Waals surface area contributed by atoms with Crippen molar-refractivity contribution in [3.05, 3.63) is 0 Å². The van der Waals surface area contributed by atoms with E-state index in [9.17, 15) is 19.2 Å². The second kappa shape index (κ2) is 18.4. The Morgan fingerprint density at radius 3 is 1.29 bits per heavy atom. The van der Waals surface area contributed by atoms with Gasteiger partial charge in [-0.05, 0) is 96.3 Å². The van der Waals surface area contributed by atoms with E-state index in [0.29, 0.717) is 23.7 Å². The summed E-state index contributed by atoms with van der Waals surface area (Å²) in [4.78, 5) is 49.2. The van der Waals surface area contributed by atoms with E-state index in [0.717, 1.165) is 38.5 Å². The van der Waals surface area contributed by atoms with E-state index in [1.165, 1.54) is 6.42 Å². The molecular weight excluding hydrogens is 528 g/mol. The minimum absolute atomic E-state index is 0.0225. The van der Waals surface area contributed by atoms with Crippen molar-refractivity contribution < 1.29 is 38.1 Å². The molecule has 2 saturated carbocycles. The average molecular weight is 583 g/mol. The molecule has 10 heteroatoms. The van der Waals surface area contributed by atoms with Gasteiger partial charge in [0, 0.05) is 12.1 Å². The molecule has 10 nitrogen and oxygen atoms in total. The lowest BCUT2D eigenvalue weighted by atomic mass is 9.70. The molecule has 0 bridgehead atoms. The first-order valence-corrected chi connectivity index (χ1v) is 15.8. The smallest absolute Gasteiger partial charge is 0.323 e. The summed E-state index contributed by atoms with van der Waals surface area (Å²) in [5, 5.41) is 6.84. The molecule has 2 N–H and O–H groups in total. The summed E-state index contributed by atoms with van der Waals surface area (Å²) < 4.78 is 20.6. The summed E-state index contributed by atoms with van der Waals surface area (Å²) in [6.45, 7) is 12.6. The maximum Gasteiger partial charge on any atom is 0.323 e. The number of hydrogen-bond acceptors (Lipinski definition) is 10. The molecule has 236 valence electrons. The standard InChI is InChI=1S/C31H54N2O8/c1-7-38-28(34)18-26(30(36)40-9-3)32-24-13-11-22(15-20(24)5)17-23-12-14-25(21(6)16-23)33-27(31(37)41-10-4)19-29(35)39-8-2/h20-27,32-33H,7-19H2,1-6H3/t20?,21?,22?,23?,24?,25?,26-,27-/m0/s1. The zero-order chi connectivity index (χ0) is 30.4. The third-order valence-electron chi connectivity index (χ3n) is 8.55. The Labute approximate surface area is 246 Å². The monoisotopic (exact) mass is 582 g/mol. The van der Waals surface area contributed by atoms with Gasteiger partial charge in [0.25, 0.3) is 0 Å². The largest absolute Gasteiger partial charge is 0.466 e. The van der Waals surface area contributed by atoms with Crippen molar-refractivity contribution in [1.29, 1.82) is 0 Å². The molecule has 0 aromatic carbocycles. The summed E-state index contributed by atoms with van der Waals surface area (Å²) in [5.74, 6) is 0.386. The van der Waals surface area contributed by atoms with Gasteiger partial charge in [-0.3, -0.25) is 19.2 Å². The van der Waals surface area contributed by atoms with Gasteiger partial charge in [-0.15, -0.1) is 0 Å². The summed E-state index contributed by atoms with van der Waals surface area (Å²) in [6.07, 6.45) is 7.33. The van der Waals surface area contributed by atoms with Gasteiger partial charge in [0.1, 0.15) is 12.1 Å². The minimum Gasteiger partial charge on any atom is -0.466 e. The third-order valence-corrected chi connectivity index (χ3v) is 8.55. The second-order valence-electron chi connectivity index (χ2n) is 11.7. The van der Waals surface area contributed by atoms with Crippen molar-refractivity contribution in [3.8, 4) is 0 Å². The van der Waals surface area contributed by atoms with Crippen LogP contribution in [0.2, 0.25) is 0 Å². The molecule has 0 saturated heterocycles. The molecule has 2 aliphatic rings. The van der Waals surface area contributed by atoms with Crippen LogP contribution < -0.4 is 10.6 Å². The Hall–Kier alpha value is -2.20. The maximum absolute atomic E-state index is 12.5. The molecule has 2 fully saturated rings.